The lowest BCUT2D eigenvalue weighted by Gasteiger charge is -2.57. The van der Waals surface area contributed by atoms with Crippen LogP contribution in [0.15, 0.2) is 0 Å². The van der Waals surface area contributed by atoms with Gasteiger partial charge in [-0.15, -0.1) is 0 Å². The highest BCUT2D eigenvalue weighted by atomic mass is 16.2. The number of nitrogens with one attached hydrogen (secondary N) is 2. The van der Waals surface area contributed by atoms with E-state index in [9.17, 15) is 4.79 Å². The van der Waals surface area contributed by atoms with Gasteiger partial charge in [-0.2, -0.15) is 0 Å². The van der Waals surface area contributed by atoms with Crippen LogP contribution < -0.4 is 10.6 Å². The van der Waals surface area contributed by atoms with Crippen molar-refractivity contribution in [3.63, 3.8) is 0 Å². The van der Waals surface area contributed by atoms with Crippen LogP contribution in [-0.2, 0) is 4.79 Å². The maximum absolute atomic E-state index is 12.5. The highest BCUT2D eigenvalue weighted by Gasteiger charge is 2.50. The zero-order valence-corrected chi connectivity index (χ0v) is 13.4. The van der Waals surface area contributed by atoms with Gasteiger partial charge in [-0.05, 0) is 87.0 Å². The third-order valence-electron chi connectivity index (χ3n) is 6.79. The van der Waals surface area contributed by atoms with Crippen LogP contribution in [0.4, 0.5) is 0 Å². The molecule has 1 amide bonds. The van der Waals surface area contributed by atoms with E-state index in [0.717, 1.165) is 37.3 Å². The minimum absolute atomic E-state index is 0.0580. The molecule has 5 rings (SSSR count). The second-order valence-corrected chi connectivity index (χ2v) is 8.77. The summed E-state index contributed by atoms with van der Waals surface area (Å²) < 4.78 is 0. The molecule has 2 unspecified atom stereocenters. The lowest BCUT2D eigenvalue weighted by atomic mass is 9.49. The van der Waals surface area contributed by atoms with E-state index in [1.807, 2.05) is 0 Å². The van der Waals surface area contributed by atoms with Crippen molar-refractivity contribution < 1.29 is 4.79 Å². The molecule has 0 aromatic heterocycles. The summed E-state index contributed by atoms with van der Waals surface area (Å²) in [6, 6.07) is 0.0580. The van der Waals surface area contributed by atoms with E-state index in [-0.39, 0.29) is 11.9 Å². The molecule has 0 aromatic carbocycles. The summed E-state index contributed by atoms with van der Waals surface area (Å²) >= 11 is 0. The number of amides is 1. The van der Waals surface area contributed by atoms with Crippen LogP contribution in [0.25, 0.3) is 0 Å². The molecule has 2 atom stereocenters. The number of hydrogen-bond acceptors (Lipinski definition) is 2. The molecule has 0 spiro atoms. The van der Waals surface area contributed by atoms with Crippen LogP contribution in [0.2, 0.25) is 0 Å². The van der Waals surface area contributed by atoms with Crippen molar-refractivity contribution in [3.05, 3.63) is 0 Å². The zero-order valence-electron chi connectivity index (χ0n) is 13.4. The Hall–Kier alpha value is -0.570. The molecule has 118 valence electrons. The molecule has 4 bridgehead atoms. The molecule has 1 aliphatic heterocycles. The molecule has 0 radical (unpaired) electrons. The minimum Gasteiger partial charge on any atom is -0.354 e. The average Bonchev–Trinajstić information content (AvgIpc) is 2.43. The number of hydrogen-bond donors (Lipinski definition) is 2. The standard InChI is InChI=1S/C18H30N2O/c1-12-2-3-19-16(4-12)17(21)20-11-18-8-13-5-14(9-18)7-15(6-13)10-18/h12-16,19H,2-11H2,1H3,(H,20,21). The van der Waals surface area contributed by atoms with E-state index in [4.69, 9.17) is 0 Å². The molecule has 4 saturated carbocycles. The van der Waals surface area contributed by atoms with Crippen LogP contribution >= 0.6 is 0 Å². The summed E-state index contributed by atoms with van der Waals surface area (Å²) in [5.74, 6) is 3.86. The van der Waals surface area contributed by atoms with E-state index in [2.05, 4.69) is 17.6 Å². The van der Waals surface area contributed by atoms with Crippen molar-refractivity contribution in [1.82, 2.24) is 10.6 Å². The Balaban J connectivity index is 1.35. The molecule has 0 aromatic rings. The summed E-state index contributed by atoms with van der Waals surface area (Å²) in [6.07, 6.45) is 10.8. The van der Waals surface area contributed by atoms with E-state index in [0.29, 0.717) is 11.3 Å². The largest absolute Gasteiger partial charge is 0.354 e. The van der Waals surface area contributed by atoms with Crippen molar-refractivity contribution in [1.29, 1.82) is 0 Å². The maximum Gasteiger partial charge on any atom is 0.237 e. The first kappa shape index (κ1) is 14.0. The van der Waals surface area contributed by atoms with E-state index in [1.54, 1.807) is 0 Å². The molecular formula is C18H30N2O. The topological polar surface area (TPSA) is 41.1 Å². The van der Waals surface area contributed by atoms with Crippen LogP contribution in [0.5, 0.6) is 0 Å². The molecule has 4 aliphatic carbocycles. The minimum atomic E-state index is 0.0580. The van der Waals surface area contributed by atoms with Crippen LogP contribution in [0.3, 0.4) is 0 Å². The third kappa shape index (κ3) is 2.74. The van der Waals surface area contributed by atoms with Gasteiger partial charge in [-0.25, -0.2) is 0 Å². The van der Waals surface area contributed by atoms with E-state index in [1.165, 1.54) is 44.9 Å². The number of rotatable bonds is 3. The Kier molecular flexibility index (Phi) is 3.52. The fourth-order valence-electron chi connectivity index (χ4n) is 6.21. The first-order valence-electron chi connectivity index (χ1n) is 9.13. The first-order chi connectivity index (χ1) is 10.1. The third-order valence-corrected chi connectivity index (χ3v) is 6.79. The summed E-state index contributed by atoms with van der Waals surface area (Å²) in [7, 11) is 0. The van der Waals surface area contributed by atoms with Crippen molar-refractivity contribution in [2.24, 2.45) is 29.1 Å². The van der Waals surface area contributed by atoms with Gasteiger partial charge in [-0.1, -0.05) is 6.92 Å². The monoisotopic (exact) mass is 290 g/mol. The highest BCUT2D eigenvalue weighted by molar-refractivity contribution is 5.81. The summed E-state index contributed by atoms with van der Waals surface area (Å²) in [6.45, 7) is 4.21. The molecule has 2 N–H and O–H groups in total. The molecular weight excluding hydrogens is 260 g/mol. The normalized spacial score (nSPS) is 48.3. The summed E-state index contributed by atoms with van der Waals surface area (Å²) in [4.78, 5) is 12.5. The maximum atomic E-state index is 12.5. The molecule has 5 aliphatic rings. The number of carbonyl (C=O) groups is 1. The zero-order chi connectivity index (χ0) is 14.4. The predicted molar refractivity (Wildman–Crippen MR) is 83.8 cm³/mol. The predicted octanol–water partition coefficient (Wildman–Crippen LogP) is 2.71. The second kappa shape index (κ2) is 5.26. The fraction of sp³-hybridized carbons (Fsp3) is 0.944. The SMILES string of the molecule is CC1CCNC(C(=O)NCC23CC4CC(CC(C4)C2)C3)C1. The lowest BCUT2D eigenvalue weighted by molar-refractivity contribution is -0.126. The van der Waals surface area contributed by atoms with Crippen molar-refractivity contribution in [2.75, 3.05) is 13.1 Å². The van der Waals surface area contributed by atoms with Crippen molar-refractivity contribution in [3.8, 4) is 0 Å². The highest BCUT2D eigenvalue weighted by Crippen LogP contribution is 2.59. The number of carbonyl (C=O) groups excluding carboxylic acids is 1. The van der Waals surface area contributed by atoms with Gasteiger partial charge in [0.05, 0.1) is 6.04 Å². The molecule has 21 heavy (non-hydrogen) atoms. The van der Waals surface area contributed by atoms with Gasteiger partial charge in [0.15, 0.2) is 0 Å². The second-order valence-electron chi connectivity index (χ2n) is 8.77. The molecule has 3 heteroatoms. The van der Waals surface area contributed by atoms with Gasteiger partial charge < -0.3 is 10.6 Å². The molecule has 1 heterocycles. The van der Waals surface area contributed by atoms with Crippen molar-refractivity contribution in [2.45, 2.75) is 64.3 Å². The fourth-order valence-corrected chi connectivity index (χ4v) is 6.21. The summed E-state index contributed by atoms with van der Waals surface area (Å²) in [5.41, 5.74) is 0.463. The van der Waals surface area contributed by atoms with Gasteiger partial charge >= 0.3 is 0 Å². The lowest BCUT2D eigenvalue weighted by Crippen LogP contribution is -2.54. The first-order valence-corrected chi connectivity index (χ1v) is 9.13. The van der Waals surface area contributed by atoms with Gasteiger partial charge in [0.2, 0.25) is 5.91 Å². The van der Waals surface area contributed by atoms with Crippen molar-refractivity contribution >= 4 is 5.91 Å². The van der Waals surface area contributed by atoms with Gasteiger partial charge in [0.1, 0.15) is 0 Å². The molecule has 3 nitrogen and oxygen atoms in total. The van der Waals surface area contributed by atoms with Crippen LogP contribution in [-0.4, -0.2) is 25.0 Å². The quantitative estimate of drug-likeness (QED) is 0.839. The molecule has 5 fully saturated rings. The van der Waals surface area contributed by atoms with Gasteiger partial charge in [-0.3, -0.25) is 4.79 Å². The molecule has 1 saturated heterocycles. The Labute approximate surface area is 128 Å². The Morgan fingerprint density at radius 3 is 2.29 bits per heavy atom. The van der Waals surface area contributed by atoms with E-state index >= 15 is 0 Å². The van der Waals surface area contributed by atoms with E-state index < -0.39 is 0 Å². The smallest absolute Gasteiger partial charge is 0.237 e. The summed E-state index contributed by atoms with van der Waals surface area (Å²) in [5, 5.41) is 6.72. The van der Waals surface area contributed by atoms with Crippen LogP contribution in [0.1, 0.15) is 58.3 Å². The van der Waals surface area contributed by atoms with Crippen LogP contribution in [0, 0.1) is 29.1 Å². The Morgan fingerprint density at radius 1 is 1.10 bits per heavy atom. The average molecular weight is 290 g/mol. The van der Waals surface area contributed by atoms with Gasteiger partial charge in [0.25, 0.3) is 0 Å². The Morgan fingerprint density at radius 2 is 1.71 bits per heavy atom. The number of piperidine rings is 1. The van der Waals surface area contributed by atoms with Gasteiger partial charge in [0, 0.05) is 6.54 Å². The Bertz CT molecular complexity index is 384.